The molecule has 1 aliphatic rings. The highest BCUT2D eigenvalue weighted by atomic mass is 32.1. The summed E-state index contributed by atoms with van der Waals surface area (Å²) in [5.74, 6) is 0.00539. The van der Waals surface area contributed by atoms with Gasteiger partial charge in [0.25, 0.3) is 0 Å². The highest BCUT2D eigenvalue weighted by Crippen LogP contribution is 2.42. The third-order valence-electron chi connectivity index (χ3n) is 5.35. The zero-order valence-corrected chi connectivity index (χ0v) is 16.4. The van der Waals surface area contributed by atoms with Gasteiger partial charge in [0.1, 0.15) is 17.0 Å². The fourth-order valence-electron chi connectivity index (χ4n) is 3.82. The predicted octanol–water partition coefficient (Wildman–Crippen LogP) is 4.53. The number of anilines is 1. The van der Waals surface area contributed by atoms with Gasteiger partial charge in [-0.2, -0.15) is 0 Å². The van der Waals surface area contributed by atoms with Crippen molar-refractivity contribution in [3.05, 3.63) is 41.0 Å². The van der Waals surface area contributed by atoms with Gasteiger partial charge >= 0.3 is 5.97 Å². The second-order valence-electron chi connectivity index (χ2n) is 7.10. The maximum Gasteiger partial charge on any atom is 0.306 e. The van der Waals surface area contributed by atoms with E-state index < -0.39 is 5.97 Å². The molecule has 0 atom stereocenters. The number of hydrogen-bond donors (Lipinski definition) is 1. The van der Waals surface area contributed by atoms with Crippen molar-refractivity contribution in [1.82, 2.24) is 9.97 Å². The van der Waals surface area contributed by atoms with Gasteiger partial charge in [-0.3, -0.25) is 4.79 Å². The molecule has 3 aromatic rings. The van der Waals surface area contributed by atoms with Crippen LogP contribution in [-0.4, -0.2) is 34.1 Å². The Bertz CT molecular complexity index is 973. The fraction of sp³-hybridized carbons (Fsp3) is 0.381. The Labute approximate surface area is 162 Å². The summed E-state index contributed by atoms with van der Waals surface area (Å²) in [6.07, 6.45) is 3.90. The van der Waals surface area contributed by atoms with Gasteiger partial charge in [0.15, 0.2) is 0 Å². The topological polar surface area (TPSA) is 66.3 Å². The molecule has 6 heteroatoms. The fourth-order valence-corrected chi connectivity index (χ4v) is 4.91. The molecule has 0 saturated carbocycles. The Hall–Kier alpha value is -2.47. The van der Waals surface area contributed by atoms with Gasteiger partial charge in [0.2, 0.25) is 0 Å². The van der Waals surface area contributed by atoms with Crippen LogP contribution in [0.4, 0.5) is 5.82 Å². The molecule has 1 saturated heterocycles. The molecular formula is C21H23N3O2S. The highest BCUT2D eigenvalue weighted by molar-refractivity contribution is 7.19. The van der Waals surface area contributed by atoms with Crippen molar-refractivity contribution in [2.45, 2.75) is 33.1 Å². The third-order valence-corrected chi connectivity index (χ3v) is 6.59. The molecule has 140 valence electrons. The SMILES string of the molecule is CCc1sc2ncnc(N3CCC(C(=O)O)CC3)c2c1-c1ccc(C)cc1. The highest BCUT2D eigenvalue weighted by Gasteiger charge is 2.28. The molecule has 0 radical (unpaired) electrons. The Kier molecular flexibility index (Phi) is 4.83. The van der Waals surface area contributed by atoms with E-state index in [4.69, 9.17) is 0 Å². The number of aliphatic carboxylic acids is 1. The first kappa shape index (κ1) is 17.9. The van der Waals surface area contributed by atoms with E-state index in [2.05, 4.69) is 53.0 Å². The molecule has 5 nitrogen and oxygen atoms in total. The zero-order valence-electron chi connectivity index (χ0n) is 15.6. The van der Waals surface area contributed by atoms with E-state index in [-0.39, 0.29) is 5.92 Å². The Morgan fingerprint density at radius 2 is 1.93 bits per heavy atom. The standard InChI is InChI=1S/C21H23N3O2S/c1-3-16-17(14-6-4-13(2)5-7-14)18-19(22-12-23-20(18)27-16)24-10-8-15(9-11-24)21(25)26/h4-7,12,15H,3,8-11H2,1-2H3,(H,25,26). The zero-order chi connectivity index (χ0) is 19.0. The summed E-state index contributed by atoms with van der Waals surface area (Å²) >= 11 is 1.73. The van der Waals surface area contributed by atoms with Crippen molar-refractivity contribution < 1.29 is 9.90 Å². The lowest BCUT2D eigenvalue weighted by Crippen LogP contribution is -2.36. The molecule has 3 heterocycles. The van der Waals surface area contributed by atoms with Crippen LogP contribution in [0.2, 0.25) is 0 Å². The molecule has 1 fully saturated rings. The second-order valence-corrected chi connectivity index (χ2v) is 8.18. The molecule has 1 aliphatic heterocycles. The molecule has 4 rings (SSSR count). The number of rotatable bonds is 4. The number of fused-ring (bicyclic) bond motifs is 1. The van der Waals surface area contributed by atoms with Crippen LogP contribution < -0.4 is 4.90 Å². The number of aryl methyl sites for hydroxylation is 2. The van der Waals surface area contributed by atoms with E-state index in [0.29, 0.717) is 25.9 Å². The quantitative estimate of drug-likeness (QED) is 0.719. The van der Waals surface area contributed by atoms with Crippen molar-refractivity contribution in [2.24, 2.45) is 5.92 Å². The first-order valence-electron chi connectivity index (χ1n) is 9.39. The van der Waals surface area contributed by atoms with Crippen LogP contribution in [0.3, 0.4) is 0 Å². The van der Waals surface area contributed by atoms with Gasteiger partial charge in [-0.25, -0.2) is 9.97 Å². The first-order chi connectivity index (χ1) is 13.1. The smallest absolute Gasteiger partial charge is 0.306 e. The van der Waals surface area contributed by atoms with Gasteiger partial charge in [0, 0.05) is 23.5 Å². The number of hydrogen-bond acceptors (Lipinski definition) is 5. The third kappa shape index (κ3) is 3.30. The summed E-state index contributed by atoms with van der Waals surface area (Å²) in [5.41, 5.74) is 3.66. The summed E-state index contributed by atoms with van der Waals surface area (Å²) in [5, 5.41) is 10.4. The number of aromatic nitrogens is 2. The van der Waals surface area contributed by atoms with Crippen LogP contribution >= 0.6 is 11.3 Å². The molecule has 1 N–H and O–H groups in total. The van der Waals surface area contributed by atoms with Crippen LogP contribution in [-0.2, 0) is 11.2 Å². The van der Waals surface area contributed by atoms with Crippen LogP contribution in [0.1, 0.15) is 30.2 Å². The van der Waals surface area contributed by atoms with Gasteiger partial charge in [-0.05, 0) is 31.7 Å². The van der Waals surface area contributed by atoms with E-state index in [9.17, 15) is 9.90 Å². The average molecular weight is 382 g/mol. The number of carboxylic acid groups (broad SMARTS) is 1. The van der Waals surface area contributed by atoms with Gasteiger partial charge < -0.3 is 10.0 Å². The summed E-state index contributed by atoms with van der Waals surface area (Å²) in [6.45, 7) is 5.70. The lowest BCUT2D eigenvalue weighted by molar-refractivity contribution is -0.142. The first-order valence-corrected chi connectivity index (χ1v) is 10.2. The minimum atomic E-state index is -0.688. The lowest BCUT2D eigenvalue weighted by Gasteiger charge is -2.31. The van der Waals surface area contributed by atoms with E-state index >= 15 is 0 Å². The summed E-state index contributed by atoms with van der Waals surface area (Å²) in [4.78, 5) is 25.0. The number of carboxylic acids is 1. The largest absolute Gasteiger partial charge is 0.481 e. The minimum absolute atomic E-state index is 0.246. The molecule has 27 heavy (non-hydrogen) atoms. The van der Waals surface area contributed by atoms with Crippen molar-refractivity contribution in [3.8, 4) is 11.1 Å². The molecule has 0 aliphatic carbocycles. The van der Waals surface area contributed by atoms with E-state index in [0.717, 1.165) is 22.5 Å². The molecule has 0 bridgehead atoms. The van der Waals surface area contributed by atoms with Gasteiger partial charge in [-0.1, -0.05) is 36.8 Å². The van der Waals surface area contributed by atoms with Crippen LogP contribution in [0.15, 0.2) is 30.6 Å². The minimum Gasteiger partial charge on any atom is -0.481 e. The maximum atomic E-state index is 11.3. The average Bonchev–Trinajstić information content (AvgIpc) is 3.07. The molecule has 1 aromatic carbocycles. The molecule has 2 aromatic heterocycles. The van der Waals surface area contributed by atoms with E-state index in [1.165, 1.54) is 21.6 Å². The maximum absolute atomic E-state index is 11.3. The molecule has 0 amide bonds. The lowest BCUT2D eigenvalue weighted by atomic mass is 9.96. The van der Waals surface area contributed by atoms with E-state index in [1.807, 2.05) is 0 Å². The summed E-state index contributed by atoms with van der Waals surface area (Å²) < 4.78 is 0. The summed E-state index contributed by atoms with van der Waals surface area (Å²) in [6, 6.07) is 8.62. The number of piperidine rings is 1. The number of carbonyl (C=O) groups is 1. The Morgan fingerprint density at radius 3 is 2.56 bits per heavy atom. The second kappa shape index (κ2) is 7.27. The number of benzene rings is 1. The van der Waals surface area contributed by atoms with Gasteiger partial charge in [0.05, 0.1) is 11.3 Å². The van der Waals surface area contributed by atoms with Crippen molar-refractivity contribution in [3.63, 3.8) is 0 Å². The van der Waals surface area contributed by atoms with Crippen LogP contribution in [0.5, 0.6) is 0 Å². The van der Waals surface area contributed by atoms with Gasteiger partial charge in [-0.15, -0.1) is 11.3 Å². The number of nitrogens with zero attached hydrogens (tertiary/aromatic N) is 3. The predicted molar refractivity (Wildman–Crippen MR) is 110 cm³/mol. The molecule has 0 unspecified atom stereocenters. The Morgan fingerprint density at radius 1 is 1.22 bits per heavy atom. The van der Waals surface area contributed by atoms with Crippen LogP contribution in [0.25, 0.3) is 21.3 Å². The van der Waals surface area contributed by atoms with Crippen molar-refractivity contribution >= 4 is 33.3 Å². The normalized spacial score (nSPS) is 15.4. The number of thiophene rings is 1. The van der Waals surface area contributed by atoms with Crippen LogP contribution in [0, 0.1) is 12.8 Å². The van der Waals surface area contributed by atoms with Crippen molar-refractivity contribution in [2.75, 3.05) is 18.0 Å². The van der Waals surface area contributed by atoms with Crippen molar-refractivity contribution in [1.29, 1.82) is 0 Å². The summed E-state index contributed by atoms with van der Waals surface area (Å²) in [7, 11) is 0. The Balaban J connectivity index is 1.81. The van der Waals surface area contributed by atoms with E-state index in [1.54, 1.807) is 17.7 Å². The molecular weight excluding hydrogens is 358 g/mol. The monoisotopic (exact) mass is 381 g/mol. The molecule has 0 spiro atoms.